The van der Waals surface area contributed by atoms with Crippen molar-refractivity contribution in [3.8, 4) is 0 Å². The van der Waals surface area contributed by atoms with Crippen LogP contribution in [0.5, 0.6) is 0 Å². The molecule has 0 radical (unpaired) electrons. The summed E-state index contributed by atoms with van der Waals surface area (Å²) in [7, 11) is 0. The van der Waals surface area contributed by atoms with Crippen molar-refractivity contribution in [2.24, 2.45) is 0 Å². The van der Waals surface area contributed by atoms with E-state index < -0.39 is 11.5 Å². The van der Waals surface area contributed by atoms with E-state index in [0.29, 0.717) is 5.92 Å². The first-order chi connectivity index (χ1) is 8.72. The van der Waals surface area contributed by atoms with E-state index in [9.17, 15) is 9.90 Å². The van der Waals surface area contributed by atoms with Gasteiger partial charge in [0.25, 0.3) is 0 Å². The smallest absolute Gasteiger partial charge is 0.324 e. The van der Waals surface area contributed by atoms with E-state index >= 15 is 0 Å². The number of hydrogen-bond donors (Lipinski definition) is 1. The van der Waals surface area contributed by atoms with Crippen molar-refractivity contribution >= 4 is 5.97 Å². The fraction of sp³-hybridized carbons (Fsp3) is 0.533. The maximum absolute atomic E-state index is 11.6. The van der Waals surface area contributed by atoms with Crippen LogP contribution in [-0.2, 0) is 4.79 Å². The molecule has 96 valence electrons. The van der Waals surface area contributed by atoms with E-state index in [0.717, 1.165) is 38.8 Å². The van der Waals surface area contributed by atoms with Gasteiger partial charge in [0.2, 0.25) is 0 Å². The number of rotatable bonds is 3. The maximum atomic E-state index is 11.6. The molecule has 0 spiro atoms. The minimum absolute atomic E-state index is 0.517. The average Bonchev–Trinajstić information content (AvgIpc) is 2.79. The SMILES string of the molecule is O=C(O)C1(N2CC(c3ccccc3)C2)CCCC1. The third kappa shape index (κ3) is 1.74. The molecule has 0 bridgehead atoms. The monoisotopic (exact) mass is 245 g/mol. The van der Waals surface area contributed by atoms with Gasteiger partial charge in [0.05, 0.1) is 0 Å². The Hall–Kier alpha value is -1.35. The van der Waals surface area contributed by atoms with E-state index in [2.05, 4.69) is 29.2 Å². The molecular formula is C15H19NO2. The summed E-state index contributed by atoms with van der Waals surface area (Å²) in [5, 5.41) is 9.51. The highest BCUT2D eigenvalue weighted by Gasteiger charge is 2.50. The lowest BCUT2D eigenvalue weighted by Crippen LogP contribution is -2.61. The molecule has 3 nitrogen and oxygen atoms in total. The molecule has 1 heterocycles. The lowest BCUT2D eigenvalue weighted by Gasteiger charge is -2.48. The lowest BCUT2D eigenvalue weighted by molar-refractivity contribution is -0.155. The number of hydrogen-bond acceptors (Lipinski definition) is 2. The van der Waals surface area contributed by atoms with Crippen molar-refractivity contribution in [2.75, 3.05) is 13.1 Å². The highest BCUT2D eigenvalue weighted by Crippen LogP contribution is 2.42. The van der Waals surface area contributed by atoms with Gasteiger partial charge in [-0.25, -0.2) is 0 Å². The second-order valence-electron chi connectivity index (χ2n) is 5.56. The van der Waals surface area contributed by atoms with Gasteiger partial charge in [-0.1, -0.05) is 43.2 Å². The normalized spacial score (nSPS) is 23.8. The van der Waals surface area contributed by atoms with Gasteiger partial charge < -0.3 is 5.11 Å². The van der Waals surface area contributed by atoms with Crippen molar-refractivity contribution in [1.29, 1.82) is 0 Å². The van der Waals surface area contributed by atoms with Gasteiger partial charge in [0.1, 0.15) is 5.54 Å². The number of aliphatic carboxylic acids is 1. The number of carbonyl (C=O) groups is 1. The first-order valence-electron chi connectivity index (χ1n) is 6.76. The Bertz CT molecular complexity index is 431. The van der Waals surface area contributed by atoms with Gasteiger partial charge in [0.15, 0.2) is 0 Å². The molecule has 1 aromatic carbocycles. The summed E-state index contributed by atoms with van der Waals surface area (Å²) < 4.78 is 0. The molecule has 2 aliphatic rings. The van der Waals surface area contributed by atoms with Gasteiger partial charge >= 0.3 is 5.97 Å². The Morgan fingerprint density at radius 1 is 1.17 bits per heavy atom. The van der Waals surface area contributed by atoms with Gasteiger partial charge in [-0.15, -0.1) is 0 Å². The van der Waals surface area contributed by atoms with E-state index in [1.807, 2.05) is 6.07 Å². The Morgan fingerprint density at radius 2 is 1.78 bits per heavy atom. The minimum Gasteiger partial charge on any atom is -0.480 e. The van der Waals surface area contributed by atoms with Crippen LogP contribution in [0.3, 0.4) is 0 Å². The molecular weight excluding hydrogens is 226 g/mol. The molecule has 18 heavy (non-hydrogen) atoms. The third-order valence-corrected chi connectivity index (χ3v) is 4.59. The van der Waals surface area contributed by atoms with Crippen LogP contribution in [0.1, 0.15) is 37.2 Å². The summed E-state index contributed by atoms with van der Waals surface area (Å²) in [4.78, 5) is 13.7. The molecule has 0 unspecified atom stereocenters. The lowest BCUT2D eigenvalue weighted by atomic mass is 9.84. The highest BCUT2D eigenvalue weighted by atomic mass is 16.4. The Labute approximate surface area is 107 Å². The topological polar surface area (TPSA) is 40.5 Å². The van der Waals surface area contributed by atoms with Crippen LogP contribution in [0, 0.1) is 0 Å². The predicted octanol–water partition coefficient (Wildman–Crippen LogP) is 2.48. The van der Waals surface area contributed by atoms with Crippen LogP contribution in [0.4, 0.5) is 0 Å². The van der Waals surface area contributed by atoms with Gasteiger partial charge in [0, 0.05) is 19.0 Å². The summed E-state index contributed by atoms with van der Waals surface area (Å²) in [6.07, 6.45) is 3.76. The van der Waals surface area contributed by atoms with Crippen molar-refractivity contribution in [2.45, 2.75) is 37.1 Å². The zero-order valence-corrected chi connectivity index (χ0v) is 10.5. The molecule has 0 atom stereocenters. The van der Waals surface area contributed by atoms with E-state index in [1.54, 1.807) is 0 Å². The first kappa shape index (κ1) is 11.7. The fourth-order valence-corrected chi connectivity index (χ4v) is 3.39. The summed E-state index contributed by atoms with van der Waals surface area (Å²) in [6, 6.07) is 10.4. The maximum Gasteiger partial charge on any atom is 0.324 e. The summed E-state index contributed by atoms with van der Waals surface area (Å²) in [5.41, 5.74) is 0.790. The predicted molar refractivity (Wildman–Crippen MR) is 69.6 cm³/mol. The Morgan fingerprint density at radius 3 is 2.33 bits per heavy atom. The van der Waals surface area contributed by atoms with Crippen molar-refractivity contribution in [3.63, 3.8) is 0 Å². The van der Waals surface area contributed by atoms with Gasteiger partial charge in [-0.2, -0.15) is 0 Å². The fourth-order valence-electron chi connectivity index (χ4n) is 3.39. The van der Waals surface area contributed by atoms with E-state index in [4.69, 9.17) is 0 Å². The standard InChI is InChI=1S/C15H19NO2/c17-14(18)15(8-4-5-9-15)16-10-13(11-16)12-6-2-1-3-7-12/h1-3,6-7,13H,4-5,8-11H2,(H,17,18). The molecule has 1 aromatic rings. The largest absolute Gasteiger partial charge is 0.480 e. The van der Waals surface area contributed by atoms with E-state index in [-0.39, 0.29) is 0 Å². The van der Waals surface area contributed by atoms with E-state index in [1.165, 1.54) is 5.56 Å². The Kier molecular flexibility index (Phi) is 2.86. The number of carboxylic acid groups (broad SMARTS) is 1. The van der Waals surface area contributed by atoms with Crippen molar-refractivity contribution in [1.82, 2.24) is 4.90 Å². The van der Waals surface area contributed by atoms with Crippen LogP contribution >= 0.6 is 0 Å². The minimum atomic E-state index is -0.619. The van der Waals surface area contributed by atoms with Crippen LogP contribution in [0.15, 0.2) is 30.3 Å². The zero-order valence-electron chi connectivity index (χ0n) is 10.5. The second-order valence-corrected chi connectivity index (χ2v) is 5.56. The summed E-state index contributed by atoms with van der Waals surface area (Å²) >= 11 is 0. The molecule has 2 fully saturated rings. The highest BCUT2D eigenvalue weighted by molar-refractivity contribution is 5.79. The van der Waals surface area contributed by atoms with Crippen LogP contribution < -0.4 is 0 Å². The van der Waals surface area contributed by atoms with Crippen molar-refractivity contribution < 1.29 is 9.90 Å². The zero-order chi connectivity index (χ0) is 12.6. The molecule has 1 saturated carbocycles. The number of carboxylic acids is 1. The number of benzene rings is 1. The van der Waals surface area contributed by atoms with Crippen molar-refractivity contribution in [3.05, 3.63) is 35.9 Å². The first-order valence-corrected chi connectivity index (χ1v) is 6.76. The van der Waals surface area contributed by atoms with Crippen LogP contribution in [0.2, 0.25) is 0 Å². The molecule has 3 heteroatoms. The number of nitrogens with zero attached hydrogens (tertiary/aromatic N) is 1. The molecule has 1 saturated heterocycles. The number of likely N-dealkylation sites (tertiary alicyclic amines) is 1. The van der Waals surface area contributed by atoms with Gasteiger partial charge in [-0.05, 0) is 18.4 Å². The molecule has 0 aromatic heterocycles. The third-order valence-electron chi connectivity index (χ3n) is 4.59. The molecule has 1 aliphatic carbocycles. The van der Waals surface area contributed by atoms with Crippen LogP contribution in [-0.4, -0.2) is 34.6 Å². The molecule has 1 N–H and O–H groups in total. The second kappa shape index (κ2) is 4.39. The Balaban J connectivity index is 1.70. The molecule has 3 rings (SSSR count). The molecule has 1 aliphatic heterocycles. The summed E-state index contributed by atoms with van der Waals surface area (Å²) in [5.74, 6) is -0.102. The molecule has 0 amide bonds. The average molecular weight is 245 g/mol. The van der Waals surface area contributed by atoms with Crippen LogP contribution in [0.25, 0.3) is 0 Å². The van der Waals surface area contributed by atoms with Gasteiger partial charge in [-0.3, -0.25) is 9.69 Å². The quantitative estimate of drug-likeness (QED) is 0.889. The summed E-state index contributed by atoms with van der Waals surface area (Å²) in [6.45, 7) is 1.80.